The first-order valence-corrected chi connectivity index (χ1v) is 9.36. The van der Waals surface area contributed by atoms with Crippen LogP contribution in [0.15, 0.2) is 57.4 Å². The zero-order valence-corrected chi connectivity index (χ0v) is 14.1. The van der Waals surface area contributed by atoms with Crippen molar-refractivity contribution < 1.29 is 13.1 Å². The molecule has 1 aromatic heterocycles. The van der Waals surface area contributed by atoms with Gasteiger partial charge in [-0.25, -0.2) is 8.60 Å². The molecule has 0 fully saturated rings. The smallest absolute Gasteiger partial charge is 0.223 e. The maximum atomic E-state index is 13.7. The van der Waals surface area contributed by atoms with E-state index in [1.807, 2.05) is 0 Å². The highest BCUT2D eigenvalue weighted by atomic mass is 32.2. The monoisotopic (exact) mass is 345 g/mol. The highest BCUT2D eigenvalue weighted by Gasteiger charge is 2.09. The van der Waals surface area contributed by atoms with Gasteiger partial charge in [-0.15, -0.1) is 0 Å². The van der Waals surface area contributed by atoms with Crippen molar-refractivity contribution in [1.29, 1.82) is 0 Å². The molecule has 0 bridgehead atoms. The van der Waals surface area contributed by atoms with E-state index in [1.165, 1.54) is 12.3 Å². The van der Waals surface area contributed by atoms with Crippen LogP contribution in [0, 0.1) is 12.7 Å². The third-order valence-electron chi connectivity index (χ3n) is 3.33. The van der Waals surface area contributed by atoms with Gasteiger partial charge in [-0.1, -0.05) is 23.4 Å². The molecule has 2 aromatic carbocycles. The Labute approximate surface area is 139 Å². The maximum Gasteiger partial charge on any atom is 0.223 e. The van der Waals surface area contributed by atoms with Crippen molar-refractivity contribution in [2.45, 2.75) is 12.7 Å². The van der Waals surface area contributed by atoms with Gasteiger partial charge in [-0.05, 0) is 30.3 Å². The van der Waals surface area contributed by atoms with E-state index in [0.717, 1.165) is 5.56 Å². The summed E-state index contributed by atoms with van der Waals surface area (Å²) in [6.07, 6.45) is 1.52. The van der Waals surface area contributed by atoms with Crippen LogP contribution in [-0.2, 0) is 15.5 Å². The first-order valence-electron chi connectivity index (χ1n) is 7.27. The summed E-state index contributed by atoms with van der Waals surface area (Å²) >= 11 is 0. The van der Waals surface area contributed by atoms with E-state index in [4.69, 9.17) is 4.52 Å². The average molecular weight is 345 g/mol. The molecule has 3 aromatic rings. The Kier molecular flexibility index (Phi) is 4.44. The number of aryl methyl sites for hydroxylation is 1. The van der Waals surface area contributed by atoms with Gasteiger partial charge in [0.1, 0.15) is 5.82 Å². The fraction of sp³-hybridized carbons (Fsp3) is 0.176. The Balaban J connectivity index is 1.84. The van der Waals surface area contributed by atoms with Crippen molar-refractivity contribution in [2.75, 3.05) is 6.26 Å². The minimum Gasteiger partial charge on any atom is -0.339 e. The Morgan fingerprint density at radius 1 is 1.17 bits per heavy atom. The highest BCUT2D eigenvalue weighted by molar-refractivity contribution is 7.92. The molecule has 0 radical (unpaired) electrons. The van der Waals surface area contributed by atoms with Crippen molar-refractivity contribution in [3.05, 3.63) is 65.8 Å². The van der Waals surface area contributed by atoms with Gasteiger partial charge in [-0.3, -0.25) is 0 Å². The summed E-state index contributed by atoms with van der Waals surface area (Å²) in [7, 11) is -2.60. The number of hydrogen-bond acceptors (Lipinski definition) is 5. The predicted molar refractivity (Wildman–Crippen MR) is 90.7 cm³/mol. The molecule has 5 nitrogen and oxygen atoms in total. The first kappa shape index (κ1) is 16.3. The Morgan fingerprint density at radius 3 is 2.50 bits per heavy atom. The largest absolute Gasteiger partial charge is 0.339 e. The number of halogens is 1. The fourth-order valence-corrected chi connectivity index (χ4v) is 3.69. The van der Waals surface area contributed by atoms with Crippen LogP contribution in [0.3, 0.4) is 0 Å². The summed E-state index contributed by atoms with van der Waals surface area (Å²) in [4.78, 5) is 4.14. The van der Waals surface area contributed by atoms with Crippen molar-refractivity contribution in [2.24, 2.45) is 4.36 Å². The molecular weight excluding hydrogens is 329 g/mol. The molecule has 1 unspecified atom stereocenters. The molecule has 24 heavy (non-hydrogen) atoms. The van der Waals surface area contributed by atoms with Gasteiger partial charge < -0.3 is 4.52 Å². The second-order valence-electron chi connectivity index (χ2n) is 5.47. The number of hydrogen-bond donors (Lipinski definition) is 0. The summed E-state index contributed by atoms with van der Waals surface area (Å²) in [5, 5.41) is 3.84. The molecule has 0 aliphatic rings. The lowest BCUT2D eigenvalue weighted by Gasteiger charge is -2.06. The molecule has 1 heterocycles. The summed E-state index contributed by atoms with van der Waals surface area (Å²) in [6, 6.07) is 13.3. The van der Waals surface area contributed by atoms with Crippen molar-refractivity contribution in [3.8, 4) is 11.4 Å². The Bertz CT molecular complexity index is 974. The van der Waals surface area contributed by atoms with E-state index in [9.17, 15) is 8.60 Å². The molecule has 0 N–H and O–H groups in total. The van der Waals surface area contributed by atoms with Crippen LogP contribution in [0.2, 0.25) is 0 Å². The number of nitrogens with zero attached hydrogens (tertiary/aromatic N) is 3. The van der Waals surface area contributed by atoms with Crippen LogP contribution in [0.5, 0.6) is 0 Å². The third-order valence-corrected chi connectivity index (χ3v) is 4.78. The summed E-state index contributed by atoms with van der Waals surface area (Å²) < 4.78 is 35.6. The standard InChI is InChI=1S/C17H16FN3O2S/c1-12-19-17(20-23-12)13-7-9-15(10-8-13)21-24(2,22)11-14-5-3-4-6-16(14)18/h3-10H,11H2,1-2H3. The zero-order valence-electron chi connectivity index (χ0n) is 13.3. The topological polar surface area (TPSA) is 68.3 Å². The summed E-state index contributed by atoms with van der Waals surface area (Å²) in [6.45, 7) is 1.72. The lowest BCUT2D eigenvalue weighted by molar-refractivity contribution is 0.394. The molecule has 1 atom stereocenters. The van der Waals surface area contributed by atoms with Crippen LogP contribution < -0.4 is 0 Å². The fourth-order valence-electron chi connectivity index (χ4n) is 2.25. The van der Waals surface area contributed by atoms with Gasteiger partial charge in [-0.2, -0.15) is 9.35 Å². The minimum atomic E-state index is -2.60. The minimum absolute atomic E-state index is 0.0610. The van der Waals surface area contributed by atoms with E-state index in [2.05, 4.69) is 14.5 Å². The van der Waals surface area contributed by atoms with E-state index in [-0.39, 0.29) is 11.6 Å². The van der Waals surface area contributed by atoms with Crippen LogP contribution in [0.4, 0.5) is 10.1 Å². The van der Waals surface area contributed by atoms with Gasteiger partial charge in [0.25, 0.3) is 0 Å². The second kappa shape index (κ2) is 6.52. The molecule has 0 saturated carbocycles. The summed E-state index contributed by atoms with van der Waals surface area (Å²) in [5.41, 5.74) is 1.73. The molecule has 124 valence electrons. The SMILES string of the molecule is Cc1nc(-c2ccc(N=S(C)(=O)Cc3ccccc3F)cc2)no1. The van der Waals surface area contributed by atoms with Crippen LogP contribution >= 0.6 is 0 Å². The normalized spacial score (nSPS) is 13.5. The van der Waals surface area contributed by atoms with Crippen LogP contribution in [-0.4, -0.2) is 20.6 Å². The zero-order chi connectivity index (χ0) is 17.2. The summed E-state index contributed by atoms with van der Waals surface area (Å²) in [5.74, 6) is 0.666. The van der Waals surface area contributed by atoms with Gasteiger partial charge in [0.15, 0.2) is 0 Å². The molecule has 7 heteroatoms. The van der Waals surface area contributed by atoms with E-state index in [1.54, 1.807) is 49.4 Å². The molecule has 0 aliphatic carbocycles. The molecule has 3 rings (SSSR count). The van der Waals surface area contributed by atoms with Crippen LogP contribution in [0.1, 0.15) is 11.5 Å². The van der Waals surface area contributed by atoms with Crippen molar-refractivity contribution in [3.63, 3.8) is 0 Å². The average Bonchev–Trinajstić information content (AvgIpc) is 2.96. The van der Waals surface area contributed by atoms with Gasteiger partial charge in [0, 0.05) is 24.3 Å². The van der Waals surface area contributed by atoms with Crippen LogP contribution in [0.25, 0.3) is 11.4 Å². The maximum absolute atomic E-state index is 13.7. The molecule has 0 amide bonds. The van der Waals surface area contributed by atoms with Gasteiger partial charge >= 0.3 is 0 Å². The molecular formula is C17H16FN3O2S. The molecule has 0 aliphatic heterocycles. The quantitative estimate of drug-likeness (QED) is 0.713. The predicted octanol–water partition coefficient (Wildman–Crippen LogP) is 4.11. The van der Waals surface area contributed by atoms with E-state index < -0.39 is 9.73 Å². The van der Waals surface area contributed by atoms with Crippen molar-refractivity contribution >= 4 is 15.4 Å². The van der Waals surface area contributed by atoms with Gasteiger partial charge in [0.2, 0.25) is 11.7 Å². The number of benzene rings is 2. The second-order valence-corrected chi connectivity index (χ2v) is 7.86. The van der Waals surface area contributed by atoms with Crippen molar-refractivity contribution in [1.82, 2.24) is 10.1 Å². The molecule has 0 spiro atoms. The number of rotatable bonds is 4. The van der Waals surface area contributed by atoms with E-state index in [0.29, 0.717) is 23.0 Å². The van der Waals surface area contributed by atoms with Gasteiger partial charge in [0.05, 0.1) is 21.2 Å². The Hall–Kier alpha value is -2.54. The Morgan fingerprint density at radius 2 is 1.88 bits per heavy atom. The molecule has 0 saturated heterocycles. The third kappa shape index (κ3) is 3.86. The lowest BCUT2D eigenvalue weighted by Crippen LogP contribution is -2.02. The lowest BCUT2D eigenvalue weighted by atomic mass is 10.2. The first-order chi connectivity index (χ1) is 11.4. The number of aromatic nitrogens is 2. The highest BCUT2D eigenvalue weighted by Crippen LogP contribution is 2.22. The van der Waals surface area contributed by atoms with E-state index >= 15 is 0 Å².